The molecule has 1 unspecified atom stereocenters. The zero-order valence-electron chi connectivity index (χ0n) is 14.4. The largest absolute Gasteiger partial charge is 0.396 e. The SMILES string of the molecule is CCCCC(CC)CO.CCCCCCCCCCO. The Morgan fingerprint density at radius 3 is 1.55 bits per heavy atom. The molecule has 20 heavy (non-hydrogen) atoms. The van der Waals surface area contributed by atoms with Crippen LogP contribution in [0.15, 0.2) is 0 Å². The summed E-state index contributed by atoms with van der Waals surface area (Å²) in [4.78, 5) is 0. The minimum Gasteiger partial charge on any atom is -0.396 e. The molecule has 0 radical (unpaired) electrons. The van der Waals surface area contributed by atoms with Gasteiger partial charge < -0.3 is 10.2 Å². The van der Waals surface area contributed by atoms with Crippen molar-refractivity contribution in [3.05, 3.63) is 0 Å². The summed E-state index contributed by atoms with van der Waals surface area (Å²) in [6.45, 7) is 7.30. The molecular formula is C18H40O2. The van der Waals surface area contributed by atoms with Crippen molar-refractivity contribution in [2.45, 2.75) is 97.8 Å². The molecule has 2 N–H and O–H groups in total. The molecule has 0 aliphatic carbocycles. The summed E-state index contributed by atoms with van der Waals surface area (Å²) in [5, 5.41) is 17.3. The Morgan fingerprint density at radius 1 is 0.650 bits per heavy atom. The van der Waals surface area contributed by atoms with Crippen molar-refractivity contribution in [3.8, 4) is 0 Å². The van der Waals surface area contributed by atoms with E-state index in [1.54, 1.807) is 0 Å². The Balaban J connectivity index is 0. The lowest BCUT2D eigenvalue weighted by atomic mass is 10.0. The van der Waals surface area contributed by atoms with Gasteiger partial charge in [-0.05, 0) is 18.8 Å². The van der Waals surface area contributed by atoms with E-state index in [1.807, 2.05) is 0 Å². The third kappa shape index (κ3) is 20.2. The highest BCUT2D eigenvalue weighted by Gasteiger charge is 2.01. The van der Waals surface area contributed by atoms with Crippen molar-refractivity contribution in [3.63, 3.8) is 0 Å². The van der Waals surface area contributed by atoms with E-state index in [-0.39, 0.29) is 0 Å². The molecular weight excluding hydrogens is 248 g/mol. The van der Waals surface area contributed by atoms with Crippen LogP contribution in [0.3, 0.4) is 0 Å². The van der Waals surface area contributed by atoms with Crippen LogP contribution in [0.25, 0.3) is 0 Å². The molecule has 2 heteroatoms. The average Bonchev–Trinajstić information content (AvgIpc) is 2.48. The van der Waals surface area contributed by atoms with Crippen LogP contribution < -0.4 is 0 Å². The van der Waals surface area contributed by atoms with Crippen LogP contribution in [0, 0.1) is 5.92 Å². The first-order chi connectivity index (χ1) is 9.76. The van der Waals surface area contributed by atoms with Crippen molar-refractivity contribution in [1.29, 1.82) is 0 Å². The van der Waals surface area contributed by atoms with E-state index in [4.69, 9.17) is 10.2 Å². The van der Waals surface area contributed by atoms with Gasteiger partial charge >= 0.3 is 0 Å². The Kier molecular flexibility index (Phi) is 23.6. The molecule has 0 aromatic carbocycles. The maximum atomic E-state index is 8.75. The number of aliphatic hydroxyl groups is 2. The zero-order valence-corrected chi connectivity index (χ0v) is 14.4. The number of aliphatic hydroxyl groups excluding tert-OH is 2. The molecule has 0 aliphatic rings. The normalized spacial score (nSPS) is 11.8. The number of rotatable bonds is 13. The Morgan fingerprint density at radius 2 is 1.15 bits per heavy atom. The lowest BCUT2D eigenvalue weighted by molar-refractivity contribution is 0.212. The predicted octanol–water partition coefficient (Wildman–Crippen LogP) is 5.31. The van der Waals surface area contributed by atoms with E-state index in [2.05, 4.69) is 20.8 Å². The minimum absolute atomic E-state index is 0.370. The number of hydrogen-bond donors (Lipinski definition) is 2. The molecule has 1 atom stereocenters. The van der Waals surface area contributed by atoms with Gasteiger partial charge in [0.05, 0.1) is 0 Å². The molecule has 0 bridgehead atoms. The first kappa shape index (κ1) is 22.2. The second kappa shape index (κ2) is 21.2. The third-order valence-electron chi connectivity index (χ3n) is 3.81. The molecule has 0 aromatic heterocycles. The van der Waals surface area contributed by atoms with Crippen LogP contribution in [0.2, 0.25) is 0 Å². The van der Waals surface area contributed by atoms with Gasteiger partial charge in [0, 0.05) is 13.2 Å². The van der Waals surface area contributed by atoms with Crippen LogP contribution in [-0.2, 0) is 0 Å². The van der Waals surface area contributed by atoms with Crippen LogP contribution >= 0.6 is 0 Å². The summed E-state index contributed by atoms with van der Waals surface area (Å²) in [6, 6.07) is 0. The van der Waals surface area contributed by atoms with Gasteiger partial charge in [0.15, 0.2) is 0 Å². The van der Waals surface area contributed by atoms with Crippen molar-refractivity contribution in [2.75, 3.05) is 13.2 Å². The van der Waals surface area contributed by atoms with Crippen LogP contribution in [-0.4, -0.2) is 23.4 Å². The van der Waals surface area contributed by atoms with Crippen LogP contribution in [0.4, 0.5) is 0 Å². The standard InChI is InChI=1S/C10H22O.C8H18O/c1-2-3-4-5-6-7-8-9-10-11;1-3-5-6-8(4-2)7-9/h11H,2-10H2,1H3;8-9H,3-7H2,1-2H3. The second-order valence-electron chi connectivity index (χ2n) is 5.80. The second-order valence-corrected chi connectivity index (χ2v) is 5.80. The zero-order chi connectivity index (χ0) is 15.5. The molecule has 124 valence electrons. The van der Waals surface area contributed by atoms with Gasteiger partial charge in [-0.1, -0.05) is 85.0 Å². The molecule has 0 saturated heterocycles. The number of hydrogen-bond acceptors (Lipinski definition) is 2. The first-order valence-electron chi connectivity index (χ1n) is 8.98. The maximum Gasteiger partial charge on any atom is 0.0459 e. The topological polar surface area (TPSA) is 40.5 Å². The highest BCUT2D eigenvalue weighted by molar-refractivity contribution is 4.53. The molecule has 2 nitrogen and oxygen atoms in total. The van der Waals surface area contributed by atoms with Crippen molar-refractivity contribution >= 4 is 0 Å². The Bertz CT molecular complexity index is 136. The van der Waals surface area contributed by atoms with Gasteiger partial charge in [0.2, 0.25) is 0 Å². The van der Waals surface area contributed by atoms with Gasteiger partial charge in [-0.2, -0.15) is 0 Å². The van der Waals surface area contributed by atoms with Crippen LogP contribution in [0.1, 0.15) is 97.8 Å². The maximum absolute atomic E-state index is 8.75. The molecule has 0 aromatic rings. The highest BCUT2D eigenvalue weighted by atomic mass is 16.3. The average molecular weight is 289 g/mol. The fourth-order valence-electron chi connectivity index (χ4n) is 2.16. The van der Waals surface area contributed by atoms with E-state index < -0.39 is 0 Å². The fourth-order valence-corrected chi connectivity index (χ4v) is 2.16. The molecule has 0 spiro atoms. The predicted molar refractivity (Wildman–Crippen MR) is 90.1 cm³/mol. The van der Waals surface area contributed by atoms with E-state index in [0.29, 0.717) is 19.1 Å². The summed E-state index contributed by atoms with van der Waals surface area (Å²) >= 11 is 0. The molecule has 0 fully saturated rings. The first-order valence-corrected chi connectivity index (χ1v) is 8.98. The van der Waals surface area contributed by atoms with Crippen molar-refractivity contribution < 1.29 is 10.2 Å². The van der Waals surface area contributed by atoms with E-state index in [0.717, 1.165) is 12.8 Å². The Labute approximate surface area is 128 Å². The molecule has 0 amide bonds. The smallest absolute Gasteiger partial charge is 0.0459 e. The van der Waals surface area contributed by atoms with E-state index >= 15 is 0 Å². The third-order valence-corrected chi connectivity index (χ3v) is 3.81. The summed E-state index contributed by atoms with van der Waals surface area (Å²) in [5.41, 5.74) is 0. The molecule has 0 aliphatic heterocycles. The van der Waals surface area contributed by atoms with Crippen molar-refractivity contribution in [2.24, 2.45) is 5.92 Å². The lowest BCUT2D eigenvalue weighted by Gasteiger charge is -2.08. The van der Waals surface area contributed by atoms with Gasteiger partial charge in [0.25, 0.3) is 0 Å². The molecule has 0 heterocycles. The minimum atomic E-state index is 0.370. The van der Waals surface area contributed by atoms with E-state index in [1.165, 1.54) is 64.2 Å². The van der Waals surface area contributed by atoms with Gasteiger partial charge in [-0.3, -0.25) is 0 Å². The molecule has 0 saturated carbocycles. The van der Waals surface area contributed by atoms with Gasteiger partial charge in [-0.25, -0.2) is 0 Å². The quantitative estimate of drug-likeness (QED) is 0.451. The fraction of sp³-hybridized carbons (Fsp3) is 1.00. The van der Waals surface area contributed by atoms with Gasteiger partial charge in [-0.15, -0.1) is 0 Å². The van der Waals surface area contributed by atoms with Crippen LogP contribution in [0.5, 0.6) is 0 Å². The van der Waals surface area contributed by atoms with Crippen molar-refractivity contribution in [1.82, 2.24) is 0 Å². The monoisotopic (exact) mass is 288 g/mol. The Hall–Kier alpha value is -0.0800. The summed E-state index contributed by atoms with van der Waals surface area (Å²) in [7, 11) is 0. The number of unbranched alkanes of at least 4 members (excludes halogenated alkanes) is 8. The highest BCUT2D eigenvalue weighted by Crippen LogP contribution is 2.10. The summed E-state index contributed by atoms with van der Waals surface area (Å²) < 4.78 is 0. The summed E-state index contributed by atoms with van der Waals surface area (Å²) in [5.74, 6) is 0.560. The van der Waals surface area contributed by atoms with Gasteiger partial charge in [0.1, 0.15) is 0 Å². The lowest BCUT2D eigenvalue weighted by Crippen LogP contribution is -2.03. The molecule has 0 rings (SSSR count). The van der Waals surface area contributed by atoms with E-state index in [9.17, 15) is 0 Å². The summed E-state index contributed by atoms with van der Waals surface area (Å²) in [6.07, 6.45) is 15.2.